The maximum absolute atomic E-state index is 4.78. The fourth-order valence-electron chi connectivity index (χ4n) is 3.60. The average Bonchev–Trinajstić information content (AvgIpc) is 2.89. The van der Waals surface area contributed by atoms with Gasteiger partial charge in [-0.25, -0.2) is 15.4 Å². The van der Waals surface area contributed by atoms with E-state index >= 15 is 0 Å². The van der Waals surface area contributed by atoms with Crippen molar-refractivity contribution in [3.8, 4) is 0 Å². The highest BCUT2D eigenvalue weighted by Gasteiger charge is 2.25. The lowest BCUT2D eigenvalue weighted by atomic mass is 10.0. The normalized spacial score (nSPS) is 14.6. The van der Waals surface area contributed by atoms with E-state index in [9.17, 15) is 0 Å². The van der Waals surface area contributed by atoms with Gasteiger partial charge in [-0.05, 0) is 30.2 Å². The molecule has 0 bridgehead atoms. The van der Waals surface area contributed by atoms with Crippen molar-refractivity contribution < 1.29 is 0 Å². The predicted octanol–water partition coefficient (Wildman–Crippen LogP) is 3.49. The minimum Gasteiger partial charge on any atom is -0.338 e. The van der Waals surface area contributed by atoms with Crippen molar-refractivity contribution in [2.75, 3.05) is 18.4 Å². The molecule has 138 valence electrons. The molecule has 0 aliphatic carbocycles. The van der Waals surface area contributed by atoms with E-state index in [-0.39, 0.29) is 0 Å². The number of benzene rings is 1. The molecule has 0 atom stereocenters. The van der Waals surface area contributed by atoms with E-state index in [1.54, 1.807) is 6.20 Å². The molecule has 2 N–H and O–H groups in total. The van der Waals surface area contributed by atoms with Crippen LogP contribution < -0.4 is 10.7 Å². The van der Waals surface area contributed by atoms with Gasteiger partial charge in [0.1, 0.15) is 12.2 Å². The van der Waals surface area contributed by atoms with Crippen LogP contribution in [0.1, 0.15) is 16.7 Å². The number of nitrogens with zero attached hydrogens (tertiary/aromatic N) is 4. The van der Waals surface area contributed by atoms with Gasteiger partial charge in [0, 0.05) is 35.6 Å². The molecule has 4 heterocycles. The molecule has 0 fully saturated rings. The zero-order chi connectivity index (χ0) is 18.8. The van der Waals surface area contributed by atoms with Gasteiger partial charge in [0.05, 0.1) is 24.1 Å². The van der Waals surface area contributed by atoms with E-state index in [1.807, 2.05) is 41.9 Å². The molecule has 2 aliphatic heterocycles. The first-order valence-corrected chi connectivity index (χ1v) is 9.37. The topological polar surface area (TPSA) is 65.4 Å². The molecule has 0 saturated heterocycles. The molecule has 0 amide bonds. The maximum Gasteiger partial charge on any atom is 0.139 e. The largest absolute Gasteiger partial charge is 0.338 e. The molecule has 28 heavy (non-hydrogen) atoms. The summed E-state index contributed by atoms with van der Waals surface area (Å²) in [6.45, 7) is 1.57. The highest BCUT2D eigenvalue weighted by Crippen LogP contribution is 2.40. The van der Waals surface area contributed by atoms with Gasteiger partial charge in [0.2, 0.25) is 0 Å². The zero-order valence-electron chi connectivity index (χ0n) is 15.3. The summed E-state index contributed by atoms with van der Waals surface area (Å²) in [4.78, 5) is 13.5. The van der Waals surface area contributed by atoms with Crippen LogP contribution in [0.3, 0.4) is 0 Å². The van der Waals surface area contributed by atoms with Crippen LogP contribution in [-0.2, 0) is 6.42 Å². The van der Waals surface area contributed by atoms with Gasteiger partial charge in [-0.15, -0.1) is 0 Å². The van der Waals surface area contributed by atoms with E-state index in [2.05, 4.69) is 51.0 Å². The Hall–Kier alpha value is -3.51. The number of anilines is 2. The smallest absolute Gasteiger partial charge is 0.139 e. The fraction of sp³-hybridized carbons (Fsp3) is 0.136. The number of aromatic nitrogens is 2. The van der Waals surface area contributed by atoms with E-state index < -0.39 is 0 Å². The van der Waals surface area contributed by atoms with Gasteiger partial charge in [-0.2, -0.15) is 0 Å². The SMILES string of the molecule is C1=NC2=C(CN1NCCc1ccccc1)c1ccncc1Nc1ncccc12. The number of hydrogen-bond donors (Lipinski definition) is 2. The lowest BCUT2D eigenvalue weighted by Crippen LogP contribution is -2.40. The molecule has 2 aromatic heterocycles. The number of pyridine rings is 2. The van der Waals surface area contributed by atoms with Crippen molar-refractivity contribution in [2.24, 2.45) is 4.99 Å². The molecule has 2 aliphatic rings. The Labute approximate surface area is 163 Å². The molecular formula is C22H20N6. The number of aliphatic imine (C=N–C) groups is 1. The standard InChI is InChI=1S/C22H20N6/c1-2-5-16(6-3-1)8-12-26-28-14-19-17-9-11-23-13-20(17)27-22-18(7-4-10-24-22)21(19)25-15-28/h1-7,9-11,13,15,26H,8,12,14H2,(H,24,27). The average molecular weight is 368 g/mol. The summed E-state index contributed by atoms with van der Waals surface area (Å²) in [5.74, 6) is 0.810. The summed E-state index contributed by atoms with van der Waals surface area (Å²) in [6, 6.07) is 16.5. The molecule has 0 radical (unpaired) electrons. The summed E-state index contributed by atoms with van der Waals surface area (Å²) in [5, 5.41) is 5.46. The van der Waals surface area contributed by atoms with Gasteiger partial charge < -0.3 is 5.32 Å². The lowest BCUT2D eigenvalue weighted by molar-refractivity contribution is 0.351. The molecule has 3 aromatic rings. The highest BCUT2D eigenvalue weighted by molar-refractivity contribution is 6.02. The number of fused-ring (bicyclic) bond motifs is 4. The number of hydrazine groups is 1. The molecular weight excluding hydrogens is 348 g/mol. The molecule has 6 nitrogen and oxygen atoms in total. The summed E-state index contributed by atoms with van der Waals surface area (Å²) < 4.78 is 0. The quantitative estimate of drug-likeness (QED) is 0.738. The highest BCUT2D eigenvalue weighted by atomic mass is 15.5. The van der Waals surface area contributed by atoms with Crippen LogP contribution in [0.2, 0.25) is 0 Å². The number of hydrogen-bond acceptors (Lipinski definition) is 6. The summed E-state index contributed by atoms with van der Waals surface area (Å²) >= 11 is 0. The van der Waals surface area contributed by atoms with Crippen molar-refractivity contribution >= 4 is 29.1 Å². The van der Waals surface area contributed by atoms with Crippen LogP contribution in [0.5, 0.6) is 0 Å². The minimum atomic E-state index is 0.723. The van der Waals surface area contributed by atoms with Crippen LogP contribution in [0.15, 0.2) is 72.1 Å². The van der Waals surface area contributed by atoms with E-state index in [0.717, 1.165) is 53.4 Å². The summed E-state index contributed by atoms with van der Waals surface area (Å²) in [5.41, 5.74) is 9.98. The van der Waals surface area contributed by atoms with Gasteiger partial charge in [0.15, 0.2) is 0 Å². The van der Waals surface area contributed by atoms with Gasteiger partial charge in [0.25, 0.3) is 0 Å². The second kappa shape index (κ2) is 7.25. The van der Waals surface area contributed by atoms with Crippen LogP contribution in [0, 0.1) is 0 Å². The first kappa shape index (κ1) is 16.6. The van der Waals surface area contributed by atoms with Crippen molar-refractivity contribution in [3.63, 3.8) is 0 Å². The third kappa shape index (κ3) is 3.14. The first-order chi connectivity index (χ1) is 13.9. The number of rotatable bonds is 4. The third-order valence-corrected chi connectivity index (χ3v) is 4.97. The minimum absolute atomic E-state index is 0.723. The van der Waals surface area contributed by atoms with Crippen molar-refractivity contribution in [2.45, 2.75) is 6.42 Å². The number of nitrogens with one attached hydrogen (secondary N) is 2. The second-order valence-corrected chi connectivity index (χ2v) is 6.79. The van der Waals surface area contributed by atoms with Gasteiger partial charge in [-0.3, -0.25) is 9.99 Å². The summed E-state index contributed by atoms with van der Waals surface area (Å²) in [7, 11) is 0. The Kier molecular flexibility index (Phi) is 4.31. The molecule has 0 unspecified atom stereocenters. The Morgan fingerprint density at radius 2 is 1.93 bits per heavy atom. The van der Waals surface area contributed by atoms with Crippen LogP contribution in [0.4, 0.5) is 11.5 Å². The monoisotopic (exact) mass is 368 g/mol. The molecule has 1 aromatic carbocycles. The summed E-state index contributed by atoms with van der Waals surface area (Å²) in [6.07, 6.45) is 8.28. The maximum atomic E-state index is 4.78. The Morgan fingerprint density at radius 3 is 2.86 bits per heavy atom. The Bertz CT molecular complexity index is 1060. The van der Waals surface area contributed by atoms with Crippen molar-refractivity contribution in [3.05, 3.63) is 83.8 Å². The lowest BCUT2D eigenvalue weighted by Gasteiger charge is -2.27. The fourth-order valence-corrected chi connectivity index (χ4v) is 3.60. The second-order valence-electron chi connectivity index (χ2n) is 6.79. The van der Waals surface area contributed by atoms with Crippen LogP contribution in [-0.4, -0.2) is 34.4 Å². The third-order valence-electron chi connectivity index (χ3n) is 4.97. The Balaban J connectivity index is 1.41. The predicted molar refractivity (Wildman–Crippen MR) is 112 cm³/mol. The molecule has 0 spiro atoms. The molecule has 0 saturated carbocycles. The van der Waals surface area contributed by atoms with Crippen LogP contribution in [0.25, 0.3) is 11.3 Å². The molecule has 6 heteroatoms. The molecule has 5 rings (SSSR count). The van der Waals surface area contributed by atoms with Crippen molar-refractivity contribution in [1.29, 1.82) is 0 Å². The zero-order valence-corrected chi connectivity index (χ0v) is 15.3. The van der Waals surface area contributed by atoms with Gasteiger partial charge >= 0.3 is 0 Å². The van der Waals surface area contributed by atoms with E-state index in [4.69, 9.17) is 4.99 Å². The van der Waals surface area contributed by atoms with Gasteiger partial charge in [-0.1, -0.05) is 30.3 Å². The van der Waals surface area contributed by atoms with E-state index in [0.29, 0.717) is 0 Å². The van der Waals surface area contributed by atoms with Crippen molar-refractivity contribution in [1.82, 2.24) is 20.4 Å². The van der Waals surface area contributed by atoms with Crippen LogP contribution >= 0.6 is 0 Å². The first-order valence-electron chi connectivity index (χ1n) is 9.37. The van der Waals surface area contributed by atoms with E-state index in [1.165, 1.54) is 5.56 Å². The Morgan fingerprint density at radius 1 is 1.00 bits per heavy atom.